The first-order chi connectivity index (χ1) is 10.8. The number of anilines is 1. The molecule has 1 heterocycles. The van der Waals surface area contributed by atoms with Crippen LogP contribution in [-0.2, 0) is 17.8 Å². The first-order valence-corrected chi connectivity index (χ1v) is 8.11. The van der Waals surface area contributed by atoms with E-state index < -0.39 is 11.7 Å². The number of carbonyl (C=O) groups excluding carboxylic acids is 1. The lowest BCUT2D eigenvalue weighted by atomic mass is 10.2. The largest absolute Gasteiger partial charge is 0.444 e. The first-order valence-electron chi connectivity index (χ1n) is 7.31. The standard InChI is InChI=1S/C16H21BrN4O2/c1-16(2,3)23-15(22)20-14-12(10-19-21-14)9-18-8-11-6-4-5-7-13(11)17/h4-7,10,18H,8-9H2,1-3H3,(H2,19,20,21,22). The summed E-state index contributed by atoms with van der Waals surface area (Å²) in [7, 11) is 0. The van der Waals surface area contributed by atoms with Crippen LogP contribution in [0.3, 0.4) is 0 Å². The quantitative estimate of drug-likeness (QED) is 0.736. The van der Waals surface area contributed by atoms with Crippen molar-refractivity contribution in [1.82, 2.24) is 15.5 Å². The summed E-state index contributed by atoms with van der Waals surface area (Å²) in [4.78, 5) is 11.8. The number of rotatable bonds is 5. The Bertz CT molecular complexity index is 664. The maximum Gasteiger partial charge on any atom is 0.413 e. The van der Waals surface area contributed by atoms with Crippen LogP contribution in [0, 0.1) is 0 Å². The zero-order chi connectivity index (χ0) is 16.9. The predicted molar refractivity (Wildman–Crippen MR) is 93.1 cm³/mol. The maximum absolute atomic E-state index is 11.8. The number of ether oxygens (including phenoxy) is 1. The highest BCUT2D eigenvalue weighted by molar-refractivity contribution is 9.10. The molecule has 7 heteroatoms. The Labute approximate surface area is 144 Å². The van der Waals surface area contributed by atoms with Crippen LogP contribution in [0.25, 0.3) is 0 Å². The highest BCUT2D eigenvalue weighted by atomic mass is 79.9. The van der Waals surface area contributed by atoms with Crippen LogP contribution in [0.5, 0.6) is 0 Å². The van der Waals surface area contributed by atoms with Crippen molar-refractivity contribution in [3.8, 4) is 0 Å². The third-order valence-electron chi connectivity index (χ3n) is 2.93. The van der Waals surface area contributed by atoms with Gasteiger partial charge in [0, 0.05) is 23.1 Å². The van der Waals surface area contributed by atoms with Gasteiger partial charge in [-0.2, -0.15) is 5.10 Å². The number of aromatic amines is 1. The molecule has 3 N–H and O–H groups in total. The fourth-order valence-corrected chi connectivity index (χ4v) is 2.36. The van der Waals surface area contributed by atoms with Crippen molar-refractivity contribution in [2.75, 3.05) is 5.32 Å². The molecule has 1 amide bonds. The molecule has 0 fully saturated rings. The average Bonchev–Trinajstić information content (AvgIpc) is 2.86. The number of H-pyrrole nitrogens is 1. The lowest BCUT2D eigenvalue weighted by molar-refractivity contribution is 0.0635. The number of hydrogen-bond acceptors (Lipinski definition) is 4. The minimum Gasteiger partial charge on any atom is -0.444 e. The van der Waals surface area contributed by atoms with E-state index in [1.165, 1.54) is 0 Å². The van der Waals surface area contributed by atoms with E-state index in [2.05, 4.69) is 36.8 Å². The number of aromatic nitrogens is 2. The van der Waals surface area contributed by atoms with Gasteiger partial charge in [0.25, 0.3) is 0 Å². The Morgan fingerprint density at radius 1 is 1.26 bits per heavy atom. The van der Waals surface area contributed by atoms with Crippen LogP contribution >= 0.6 is 15.9 Å². The Hall–Kier alpha value is -1.86. The summed E-state index contributed by atoms with van der Waals surface area (Å²) in [5.74, 6) is 0.541. The van der Waals surface area contributed by atoms with Crippen molar-refractivity contribution in [3.63, 3.8) is 0 Å². The van der Waals surface area contributed by atoms with Crippen molar-refractivity contribution in [2.24, 2.45) is 0 Å². The molecule has 0 aliphatic carbocycles. The van der Waals surface area contributed by atoms with Crippen LogP contribution in [0.1, 0.15) is 31.9 Å². The van der Waals surface area contributed by atoms with E-state index in [-0.39, 0.29) is 0 Å². The lowest BCUT2D eigenvalue weighted by Crippen LogP contribution is -2.27. The van der Waals surface area contributed by atoms with Gasteiger partial charge in [-0.1, -0.05) is 34.1 Å². The molecule has 124 valence electrons. The molecule has 0 saturated heterocycles. The molecule has 0 spiro atoms. The topological polar surface area (TPSA) is 79.0 Å². The number of benzene rings is 1. The molecule has 0 aliphatic rings. The van der Waals surface area contributed by atoms with Crippen LogP contribution < -0.4 is 10.6 Å². The zero-order valence-electron chi connectivity index (χ0n) is 13.4. The SMILES string of the molecule is CC(C)(C)OC(=O)Nc1[nH]ncc1CNCc1ccccc1Br. The molecule has 6 nitrogen and oxygen atoms in total. The molecular formula is C16H21BrN4O2. The van der Waals surface area contributed by atoms with Crippen LogP contribution in [0.15, 0.2) is 34.9 Å². The zero-order valence-corrected chi connectivity index (χ0v) is 15.0. The summed E-state index contributed by atoms with van der Waals surface area (Å²) in [6, 6.07) is 8.03. The van der Waals surface area contributed by atoms with Gasteiger partial charge in [0.1, 0.15) is 11.4 Å². The molecule has 0 atom stereocenters. The number of nitrogens with zero attached hydrogens (tertiary/aromatic N) is 1. The van der Waals surface area contributed by atoms with Gasteiger partial charge in [-0.15, -0.1) is 0 Å². The fourth-order valence-electron chi connectivity index (χ4n) is 1.93. The number of carbonyl (C=O) groups is 1. The van der Waals surface area contributed by atoms with Crippen molar-refractivity contribution in [2.45, 2.75) is 39.5 Å². The Kier molecular flexibility index (Phi) is 5.79. The van der Waals surface area contributed by atoms with Gasteiger partial charge in [0.15, 0.2) is 0 Å². The van der Waals surface area contributed by atoms with Crippen LogP contribution in [-0.4, -0.2) is 21.9 Å². The third kappa shape index (κ3) is 5.69. The molecule has 1 aromatic carbocycles. The number of hydrogen-bond donors (Lipinski definition) is 3. The average molecular weight is 381 g/mol. The van der Waals surface area contributed by atoms with E-state index in [0.717, 1.165) is 15.6 Å². The fraction of sp³-hybridized carbons (Fsp3) is 0.375. The summed E-state index contributed by atoms with van der Waals surface area (Å²) in [6.45, 7) is 6.74. The monoisotopic (exact) mass is 380 g/mol. The summed E-state index contributed by atoms with van der Waals surface area (Å²) in [5, 5.41) is 12.7. The molecule has 0 unspecified atom stereocenters. The van der Waals surface area contributed by atoms with Gasteiger partial charge in [0.2, 0.25) is 0 Å². The summed E-state index contributed by atoms with van der Waals surface area (Å²) < 4.78 is 6.29. The van der Waals surface area contributed by atoms with Gasteiger partial charge in [-0.05, 0) is 32.4 Å². The Morgan fingerprint density at radius 3 is 2.65 bits per heavy atom. The smallest absolute Gasteiger partial charge is 0.413 e. The highest BCUT2D eigenvalue weighted by Gasteiger charge is 2.17. The predicted octanol–water partition coefficient (Wildman–Crippen LogP) is 3.81. The van der Waals surface area contributed by atoms with Gasteiger partial charge in [0.05, 0.1) is 6.20 Å². The molecular weight excluding hydrogens is 360 g/mol. The van der Waals surface area contributed by atoms with Crippen molar-refractivity contribution < 1.29 is 9.53 Å². The second-order valence-corrected chi connectivity index (χ2v) is 6.95. The molecule has 0 aliphatic heterocycles. The van der Waals surface area contributed by atoms with Gasteiger partial charge < -0.3 is 10.1 Å². The van der Waals surface area contributed by atoms with Crippen LogP contribution in [0.4, 0.5) is 10.6 Å². The number of halogens is 1. The summed E-state index contributed by atoms with van der Waals surface area (Å²) in [6.07, 6.45) is 1.17. The lowest BCUT2D eigenvalue weighted by Gasteiger charge is -2.19. The Morgan fingerprint density at radius 2 is 1.96 bits per heavy atom. The molecule has 2 aromatic rings. The number of amides is 1. The van der Waals surface area contributed by atoms with Crippen molar-refractivity contribution in [1.29, 1.82) is 0 Å². The van der Waals surface area contributed by atoms with Crippen LogP contribution in [0.2, 0.25) is 0 Å². The Balaban J connectivity index is 1.89. The number of nitrogens with one attached hydrogen (secondary N) is 3. The third-order valence-corrected chi connectivity index (χ3v) is 3.71. The van der Waals surface area contributed by atoms with E-state index in [9.17, 15) is 4.79 Å². The van der Waals surface area contributed by atoms with Gasteiger partial charge in [-0.3, -0.25) is 10.4 Å². The molecule has 1 aromatic heterocycles. The minimum absolute atomic E-state index is 0.506. The first kappa shape index (κ1) is 17.5. The van der Waals surface area contributed by atoms with Gasteiger partial charge in [-0.25, -0.2) is 4.79 Å². The van der Waals surface area contributed by atoms with E-state index in [1.54, 1.807) is 6.20 Å². The molecule has 0 bridgehead atoms. The molecule has 2 rings (SSSR count). The normalized spacial score (nSPS) is 11.3. The summed E-state index contributed by atoms with van der Waals surface area (Å²) in [5.41, 5.74) is 1.49. The second kappa shape index (κ2) is 7.61. The van der Waals surface area contributed by atoms with Gasteiger partial charge >= 0.3 is 6.09 Å². The molecule has 0 saturated carbocycles. The van der Waals surface area contributed by atoms with E-state index in [1.807, 2.05) is 45.0 Å². The summed E-state index contributed by atoms with van der Waals surface area (Å²) >= 11 is 3.52. The van der Waals surface area contributed by atoms with E-state index in [0.29, 0.717) is 18.9 Å². The van der Waals surface area contributed by atoms with Crippen molar-refractivity contribution in [3.05, 3.63) is 46.1 Å². The van der Waals surface area contributed by atoms with E-state index in [4.69, 9.17) is 4.74 Å². The van der Waals surface area contributed by atoms with E-state index >= 15 is 0 Å². The highest BCUT2D eigenvalue weighted by Crippen LogP contribution is 2.17. The second-order valence-electron chi connectivity index (χ2n) is 6.09. The molecule has 23 heavy (non-hydrogen) atoms. The maximum atomic E-state index is 11.8. The molecule has 0 radical (unpaired) electrons. The van der Waals surface area contributed by atoms with Crippen molar-refractivity contribution >= 4 is 27.8 Å². The minimum atomic E-state index is -0.540.